The first-order valence-corrected chi connectivity index (χ1v) is 9.78. The van der Waals surface area contributed by atoms with Crippen LogP contribution in [0, 0.1) is 0 Å². The van der Waals surface area contributed by atoms with Gasteiger partial charge in [-0.1, -0.05) is 6.07 Å². The minimum atomic E-state index is -3.11. The van der Waals surface area contributed by atoms with Gasteiger partial charge in [-0.15, -0.1) is 0 Å². The molecule has 0 bridgehead atoms. The summed E-state index contributed by atoms with van der Waals surface area (Å²) in [6.45, 7) is 0.969. The number of amides is 1. The fourth-order valence-corrected chi connectivity index (χ4v) is 5.08. The number of carbonyl (C=O) groups excluding carboxylic acids is 1. The molecule has 0 spiro atoms. The molecule has 7 nitrogen and oxygen atoms in total. The van der Waals surface area contributed by atoms with Crippen molar-refractivity contribution >= 4 is 21.4 Å². The summed E-state index contributed by atoms with van der Waals surface area (Å²) in [5.74, 6) is -0.153. The summed E-state index contributed by atoms with van der Waals surface area (Å²) >= 11 is 0. The highest BCUT2D eigenvalue weighted by atomic mass is 32.2. The van der Waals surface area contributed by atoms with E-state index in [-0.39, 0.29) is 17.2 Å². The number of pyridine rings is 1. The van der Waals surface area contributed by atoms with Gasteiger partial charge >= 0.3 is 0 Å². The zero-order chi connectivity index (χ0) is 16.7. The van der Waals surface area contributed by atoms with Gasteiger partial charge in [0.25, 0.3) is 5.91 Å². The lowest BCUT2D eigenvalue weighted by atomic mass is 10.1. The van der Waals surface area contributed by atoms with Gasteiger partial charge in [-0.05, 0) is 37.8 Å². The summed E-state index contributed by atoms with van der Waals surface area (Å²) in [4.78, 5) is 12.5. The lowest BCUT2D eigenvalue weighted by Crippen LogP contribution is -2.47. The highest BCUT2D eigenvalue weighted by Crippen LogP contribution is 2.32. The third kappa shape index (κ3) is 2.80. The van der Waals surface area contributed by atoms with E-state index >= 15 is 0 Å². The topological polar surface area (TPSA) is 83.8 Å². The number of sulfonamides is 1. The van der Waals surface area contributed by atoms with Crippen LogP contribution in [-0.4, -0.2) is 52.6 Å². The van der Waals surface area contributed by atoms with Gasteiger partial charge in [-0.3, -0.25) is 4.79 Å². The third-order valence-corrected chi connectivity index (χ3v) is 7.16. The first kappa shape index (κ1) is 15.6. The molecule has 1 N–H and O–H groups in total. The summed E-state index contributed by atoms with van der Waals surface area (Å²) in [5.41, 5.74) is 1.31. The van der Waals surface area contributed by atoms with Crippen LogP contribution in [0.2, 0.25) is 0 Å². The van der Waals surface area contributed by atoms with Crippen LogP contribution in [0.25, 0.3) is 5.52 Å². The van der Waals surface area contributed by atoms with Crippen molar-refractivity contribution in [3.05, 3.63) is 36.2 Å². The number of hydrogen-bond acceptors (Lipinski definition) is 4. The van der Waals surface area contributed by atoms with Gasteiger partial charge in [0, 0.05) is 25.3 Å². The highest BCUT2D eigenvalue weighted by Gasteiger charge is 2.41. The van der Waals surface area contributed by atoms with Gasteiger partial charge in [0.15, 0.2) is 0 Å². The molecule has 0 unspecified atom stereocenters. The van der Waals surface area contributed by atoms with E-state index in [2.05, 4.69) is 10.4 Å². The number of piperidine rings is 1. The molecule has 1 saturated carbocycles. The fourth-order valence-electron chi connectivity index (χ4n) is 3.20. The molecular weight excluding hydrogens is 328 g/mol. The predicted octanol–water partition coefficient (Wildman–Crippen LogP) is 1.02. The molecule has 1 aliphatic carbocycles. The Bertz CT molecular complexity index is 864. The molecule has 8 heteroatoms. The second kappa shape index (κ2) is 5.86. The minimum Gasteiger partial charge on any atom is -0.349 e. The average Bonchev–Trinajstić information content (AvgIpc) is 3.36. The van der Waals surface area contributed by atoms with Crippen molar-refractivity contribution in [3.8, 4) is 0 Å². The molecule has 2 aliphatic rings. The SMILES string of the molecule is O=C(NC1CCN(S(=O)(=O)C2CC2)CC1)c1cnn2ccccc12. The molecule has 0 atom stereocenters. The van der Waals surface area contributed by atoms with Crippen LogP contribution in [0.1, 0.15) is 36.0 Å². The number of fused-ring (bicyclic) bond motifs is 1. The van der Waals surface area contributed by atoms with Crippen molar-refractivity contribution in [2.75, 3.05) is 13.1 Å². The number of nitrogens with zero attached hydrogens (tertiary/aromatic N) is 3. The summed E-state index contributed by atoms with van der Waals surface area (Å²) in [6, 6.07) is 5.58. The van der Waals surface area contributed by atoms with Gasteiger partial charge in [0.1, 0.15) is 0 Å². The Morgan fingerprint density at radius 1 is 1.17 bits per heavy atom. The molecular formula is C16H20N4O3S. The van der Waals surface area contributed by atoms with Crippen molar-refractivity contribution in [2.45, 2.75) is 37.0 Å². The second-order valence-corrected chi connectivity index (χ2v) is 8.69. The standard InChI is InChI=1S/C16H20N4O3S/c21-16(14-11-17-20-8-2-1-3-15(14)20)18-12-6-9-19(10-7-12)24(22,23)13-4-5-13/h1-3,8,11-13H,4-7,9-10H2,(H,18,21). The summed E-state index contributed by atoms with van der Waals surface area (Å²) in [6.07, 6.45) is 6.24. The largest absolute Gasteiger partial charge is 0.349 e. The quantitative estimate of drug-likeness (QED) is 0.894. The maximum Gasteiger partial charge on any atom is 0.255 e. The third-order valence-electron chi connectivity index (χ3n) is 4.77. The van der Waals surface area contributed by atoms with E-state index in [0.29, 0.717) is 31.5 Å². The summed E-state index contributed by atoms with van der Waals surface area (Å²) in [7, 11) is -3.11. The number of carbonyl (C=O) groups is 1. The van der Waals surface area contributed by atoms with E-state index in [0.717, 1.165) is 18.4 Å². The van der Waals surface area contributed by atoms with Gasteiger partial charge in [0.2, 0.25) is 10.0 Å². The molecule has 1 aliphatic heterocycles. The number of rotatable bonds is 4. The van der Waals surface area contributed by atoms with Crippen LogP contribution >= 0.6 is 0 Å². The minimum absolute atomic E-state index is 0.00168. The van der Waals surface area contributed by atoms with Crippen LogP contribution in [0.4, 0.5) is 0 Å². The van der Waals surface area contributed by atoms with Crippen LogP contribution in [-0.2, 0) is 10.0 Å². The first-order valence-electron chi connectivity index (χ1n) is 8.28. The van der Waals surface area contributed by atoms with Gasteiger partial charge in [-0.25, -0.2) is 17.2 Å². The predicted molar refractivity (Wildman–Crippen MR) is 89.2 cm³/mol. The van der Waals surface area contributed by atoms with Gasteiger partial charge in [-0.2, -0.15) is 5.10 Å². The Balaban J connectivity index is 1.39. The molecule has 24 heavy (non-hydrogen) atoms. The maximum absolute atomic E-state index is 12.5. The smallest absolute Gasteiger partial charge is 0.255 e. The van der Waals surface area contributed by atoms with Crippen molar-refractivity contribution in [1.82, 2.24) is 19.2 Å². The molecule has 0 aromatic carbocycles. The molecule has 2 aromatic rings. The molecule has 2 aromatic heterocycles. The van der Waals surface area contributed by atoms with E-state index in [9.17, 15) is 13.2 Å². The van der Waals surface area contributed by atoms with E-state index < -0.39 is 10.0 Å². The van der Waals surface area contributed by atoms with Crippen LogP contribution in [0.5, 0.6) is 0 Å². The first-order chi connectivity index (χ1) is 11.6. The van der Waals surface area contributed by atoms with Crippen LogP contribution < -0.4 is 5.32 Å². The van der Waals surface area contributed by atoms with Crippen molar-refractivity contribution in [3.63, 3.8) is 0 Å². The van der Waals surface area contributed by atoms with Crippen LogP contribution in [0.3, 0.4) is 0 Å². The van der Waals surface area contributed by atoms with Gasteiger partial charge in [0.05, 0.1) is 22.5 Å². The second-order valence-electron chi connectivity index (χ2n) is 6.48. The van der Waals surface area contributed by atoms with Crippen molar-refractivity contribution in [1.29, 1.82) is 0 Å². The summed E-state index contributed by atoms with van der Waals surface area (Å²) < 4.78 is 27.7. The lowest BCUT2D eigenvalue weighted by Gasteiger charge is -2.31. The average molecular weight is 348 g/mol. The molecule has 0 radical (unpaired) electrons. The van der Waals surface area contributed by atoms with E-state index in [4.69, 9.17) is 0 Å². The van der Waals surface area contributed by atoms with Crippen molar-refractivity contribution in [2.24, 2.45) is 0 Å². The summed E-state index contributed by atoms with van der Waals surface area (Å²) in [5, 5.41) is 7.02. The Morgan fingerprint density at radius 2 is 1.92 bits per heavy atom. The Morgan fingerprint density at radius 3 is 2.62 bits per heavy atom. The van der Waals surface area contributed by atoms with E-state index in [1.165, 1.54) is 0 Å². The maximum atomic E-state index is 12.5. The number of hydrogen-bond donors (Lipinski definition) is 1. The lowest BCUT2D eigenvalue weighted by molar-refractivity contribution is 0.0925. The zero-order valence-corrected chi connectivity index (χ0v) is 14.1. The Hall–Kier alpha value is -1.93. The van der Waals surface area contributed by atoms with E-state index in [1.54, 1.807) is 21.2 Å². The number of aromatic nitrogens is 2. The highest BCUT2D eigenvalue weighted by molar-refractivity contribution is 7.90. The van der Waals surface area contributed by atoms with E-state index in [1.807, 2.05) is 18.2 Å². The molecule has 2 fully saturated rings. The monoisotopic (exact) mass is 348 g/mol. The zero-order valence-electron chi connectivity index (χ0n) is 13.3. The fraction of sp³-hybridized carbons (Fsp3) is 0.500. The van der Waals surface area contributed by atoms with Gasteiger partial charge < -0.3 is 5.32 Å². The number of nitrogens with one attached hydrogen (secondary N) is 1. The molecule has 4 rings (SSSR count). The Labute approximate surface area is 140 Å². The molecule has 1 amide bonds. The molecule has 3 heterocycles. The molecule has 1 saturated heterocycles. The Kier molecular flexibility index (Phi) is 3.80. The normalized spacial score (nSPS) is 20.3. The van der Waals surface area contributed by atoms with Crippen molar-refractivity contribution < 1.29 is 13.2 Å². The molecule has 128 valence electrons. The van der Waals surface area contributed by atoms with Crippen LogP contribution in [0.15, 0.2) is 30.6 Å².